The van der Waals surface area contributed by atoms with Gasteiger partial charge in [-0.15, -0.1) is 0 Å². The van der Waals surface area contributed by atoms with Crippen LogP contribution in [0.4, 0.5) is 0 Å². The average Bonchev–Trinajstić information content (AvgIpc) is 2.69. The van der Waals surface area contributed by atoms with Gasteiger partial charge in [0.05, 0.1) is 12.1 Å². The monoisotopic (exact) mass is 303 g/mol. The molecule has 1 aromatic heterocycles. The molecule has 0 aliphatic heterocycles. The molecule has 0 aliphatic carbocycles. The fourth-order valence-corrected chi connectivity index (χ4v) is 3.10. The summed E-state index contributed by atoms with van der Waals surface area (Å²) < 4.78 is 27.6. The average molecular weight is 303 g/mol. The molecular weight excluding hydrogens is 282 g/mol. The summed E-state index contributed by atoms with van der Waals surface area (Å²) in [6.07, 6.45) is 1.76. The van der Waals surface area contributed by atoms with Gasteiger partial charge >= 0.3 is 5.97 Å². The van der Waals surface area contributed by atoms with Crippen molar-refractivity contribution in [2.75, 3.05) is 6.54 Å². The number of nitrogens with zero attached hydrogens (tertiary/aromatic N) is 2. The van der Waals surface area contributed by atoms with Crippen molar-refractivity contribution < 1.29 is 18.3 Å². The molecule has 0 amide bonds. The van der Waals surface area contributed by atoms with Gasteiger partial charge in [0.2, 0.25) is 0 Å². The van der Waals surface area contributed by atoms with Crippen LogP contribution in [0.25, 0.3) is 0 Å². The maximum Gasteiger partial charge on any atom is 0.307 e. The molecular formula is C12H21N3O4S. The Balaban J connectivity index is 2.78. The third kappa shape index (κ3) is 4.61. The Hall–Kier alpha value is -1.41. The number of nitrogens with one attached hydrogen (secondary N) is 1. The molecule has 0 spiro atoms. The molecule has 20 heavy (non-hydrogen) atoms. The van der Waals surface area contributed by atoms with Gasteiger partial charge in [0.1, 0.15) is 0 Å². The number of hydrogen-bond acceptors (Lipinski definition) is 4. The Morgan fingerprint density at radius 3 is 2.50 bits per heavy atom. The largest absolute Gasteiger partial charge is 0.481 e. The zero-order chi connectivity index (χ0) is 15.6. The zero-order valence-electron chi connectivity index (χ0n) is 12.1. The van der Waals surface area contributed by atoms with E-state index in [0.29, 0.717) is 6.42 Å². The lowest BCUT2D eigenvalue weighted by molar-refractivity contribution is -0.142. The molecule has 1 atom stereocenters. The van der Waals surface area contributed by atoms with Crippen molar-refractivity contribution in [1.29, 1.82) is 0 Å². The molecule has 1 heterocycles. The van der Waals surface area contributed by atoms with E-state index < -0.39 is 21.9 Å². The second-order valence-electron chi connectivity index (χ2n) is 5.94. The SMILES string of the molecule is Cn1nccc1S(=O)(=O)NCC(CC(C)(C)C)C(=O)O. The number of rotatable bonds is 6. The Bertz CT molecular complexity index is 572. The number of hydrogen-bond donors (Lipinski definition) is 2. The van der Waals surface area contributed by atoms with Crippen LogP contribution in [0.15, 0.2) is 17.3 Å². The Morgan fingerprint density at radius 2 is 2.10 bits per heavy atom. The summed E-state index contributed by atoms with van der Waals surface area (Å²) in [4.78, 5) is 11.2. The van der Waals surface area contributed by atoms with E-state index in [1.807, 2.05) is 20.8 Å². The second-order valence-corrected chi connectivity index (χ2v) is 7.66. The molecule has 114 valence electrons. The lowest BCUT2D eigenvalue weighted by Gasteiger charge is -2.23. The van der Waals surface area contributed by atoms with Crippen molar-refractivity contribution in [2.24, 2.45) is 18.4 Å². The highest BCUT2D eigenvalue weighted by Gasteiger charge is 2.27. The molecule has 1 rings (SSSR count). The van der Waals surface area contributed by atoms with Crippen molar-refractivity contribution >= 4 is 16.0 Å². The number of sulfonamides is 1. The van der Waals surface area contributed by atoms with Crippen LogP contribution >= 0.6 is 0 Å². The first kappa shape index (κ1) is 16.6. The quantitative estimate of drug-likeness (QED) is 0.810. The van der Waals surface area contributed by atoms with Crippen molar-refractivity contribution in [3.8, 4) is 0 Å². The van der Waals surface area contributed by atoms with Gasteiger partial charge in [-0.05, 0) is 17.9 Å². The van der Waals surface area contributed by atoms with Crippen molar-refractivity contribution in [3.05, 3.63) is 12.3 Å². The molecule has 1 unspecified atom stereocenters. The van der Waals surface area contributed by atoms with Gasteiger partial charge < -0.3 is 5.11 Å². The third-order valence-electron chi connectivity index (χ3n) is 2.78. The van der Waals surface area contributed by atoms with Crippen LogP contribution in [0.2, 0.25) is 0 Å². The van der Waals surface area contributed by atoms with Gasteiger partial charge in [-0.3, -0.25) is 9.48 Å². The molecule has 2 N–H and O–H groups in total. The van der Waals surface area contributed by atoms with Gasteiger partial charge in [0.25, 0.3) is 10.0 Å². The molecule has 0 aromatic carbocycles. The second kappa shape index (κ2) is 5.92. The van der Waals surface area contributed by atoms with Crippen molar-refractivity contribution in [2.45, 2.75) is 32.2 Å². The molecule has 0 saturated carbocycles. The predicted molar refractivity (Wildman–Crippen MR) is 73.6 cm³/mol. The van der Waals surface area contributed by atoms with Crippen LogP contribution in [0, 0.1) is 11.3 Å². The molecule has 8 heteroatoms. The maximum absolute atomic E-state index is 12.0. The van der Waals surface area contributed by atoms with E-state index >= 15 is 0 Å². The van der Waals surface area contributed by atoms with Gasteiger partial charge in [0, 0.05) is 13.6 Å². The van der Waals surface area contributed by atoms with E-state index in [4.69, 9.17) is 5.11 Å². The fourth-order valence-electron chi connectivity index (χ4n) is 1.90. The van der Waals surface area contributed by atoms with E-state index in [-0.39, 0.29) is 17.0 Å². The summed E-state index contributed by atoms with van der Waals surface area (Å²) in [5.41, 5.74) is -0.193. The van der Waals surface area contributed by atoms with Gasteiger partial charge in [-0.1, -0.05) is 20.8 Å². The summed E-state index contributed by atoms with van der Waals surface area (Å²) in [5.74, 6) is -1.77. The van der Waals surface area contributed by atoms with Crippen LogP contribution < -0.4 is 4.72 Å². The van der Waals surface area contributed by atoms with Crippen molar-refractivity contribution in [3.63, 3.8) is 0 Å². The highest BCUT2D eigenvalue weighted by molar-refractivity contribution is 7.89. The number of carboxylic acids is 1. The van der Waals surface area contributed by atoms with E-state index in [1.54, 1.807) is 0 Å². The summed E-state index contributed by atoms with van der Waals surface area (Å²) in [5, 5.41) is 13.0. The summed E-state index contributed by atoms with van der Waals surface area (Å²) in [6.45, 7) is 5.61. The predicted octanol–water partition coefficient (Wildman–Crippen LogP) is 0.835. The number of carboxylic acid groups (broad SMARTS) is 1. The minimum absolute atomic E-state index is 0.0115. The highest BCUT2D eigenvalue weighted by atomic mass is 32.2. The minimum Gasteiger partial charge on any atom is -0.481 e. The van der Waals surface area contributed by atoms with Gasteiger partial charge in [-0.2, -0.15) is 5.10 Å². The molecule has 0 bridgehead atoms. The normalized spacial score (nSPS) is 14.2. The minimum atomic E-state index is -3.74. The lowest BCUT2D eigenvalue weighted by Crippen LogP contribution is -2.35. The van der Waals surface area contributed by atoms with Crippen LogP contribution in [0.5, 0.6) is 0 Å². The first-order valence-electron chi connectivity index (χ1n) is 6.23. The summed E-state index contributed by atoms with van der Waals surface area (Å²) in [6, 6.07) is 1.36. The zero-order valence-corrected chi connectivity index (χ0v) is 12.9. The molecule has 1 aromatic rings. The molecule has 0 saturated heterocycles. The number of aliphatic carboxylic acids is 1. The van der Waals surface area contributed by atoms with E-state index in [0.717, 1.165) is 0 Å². The Kier molecular flexibility index (Phi) is 4.93. The smallest absolute Gasteiger partial charge is 0.307 e. The summed E-state index contributed by atoms with van der Waals surface area (Å²) >= 11 is 0. The van der Waals surface area contributed by atoms with Crippen LogP contribution in [0.3, 0.4) is 0 Å². The van der Waals surface area contributed by atoms with E-state index in [1.165, 1.54) is 24.0 Å². The van der Waals surface area contributed by atoms with E-state index in [2.05, 4.69) is 9.82 Å². The molecule has 0 radical (unpaired) electrons. The first-order valence-corrected chi connectivity index (χ1v) is 7.72. The Morgan fingerprint density at radius 1 is 1.50 bits per heavy atom. The number of aromatic nitrogens is 2. The van der Waals surface area contributed by atoms with Crippen LogP contribution in [-0.2, 0) is 21.9 Å². The fraction of sp³-hybridized carbons (Fsp3) is 0.667. The molecule has 0 aliphatic rings. The van der Waals surface area contributed by atoms with Gasteiger partial charge in [0.15, 0.2) is 5.03 Å². The topological polar surface area (TPSA) is 101 Å². The van der Waals surface area contributed by atoms with E-state index in [9.17, 15) is 13.2 Å². The standard InChI is InChI=1S/C12H21N3O4S/c1-12(2,3)7-9(11(16)17)8-14-20(18,19)10-5-6-13-15(10)4/h5-6,9,14H,7-8H2,1-4H3,(H,16,17). The summed E-state index contributed by atoms with van der Waals surface area (Å²) in [7, 11) is -2.23. The van der Waals surface area contributed by atoms with Crippen molar-refractivity contribution in [1.82, 2.24) is 14.5 Å². The molecule has 7 nitrogen and oxygen atoms in total. The number of aryl methyl sites for hydroxylation is 1. The van der Waals surface area contributed by atoms with Crippen LogP contribution in [-0.4, -0.2) is 35.8 Å². The first-order chi connectivity index (χ1) is 9.03. The third-order valence-corrected chi connectivity index (χ3v) is 4.28. The lowest BCUT2D eigenvalue weighted by atomic mass is 9.85. The Labute approximate surface area is 119 Å². The highest BCUT2D eigenvalue weighted by Crippen LogP contribution is 2.24. The van der Waals surface area contributed by atoms with Gasteiger partial charge in [-0.25, -0.2) is 13.1 Å². The number of carbonyl (C=O) groups is 1. The molecule has 0 fully saturated rings. The van der Waals surface area contributed by atoms with Crippen LogP contribution in [0.1, 0.15) is 27.2 Å². The maximum atomic E-state index is 12.0.